The molecule has 5 rings (SSSR count). The van der Waals surface area contributed by atoms with E-state index in [1.807, 2.05) is 41.7 Å². The average molecular weight is 688 g/mol. The Kier molecular flexibility index (Phi) is 11.9. The van der Waals surface area contributed by atoms with Crippen molar-refractivity contribution in [1.29, 1.82) is 0 Å². The van der Waals surface area contributed by atoms with Gasteiger partial charge in [-0.25, -0.2) is 14.6 Å². The van der Waals surface area contributed by atoms with Crippen molar-refractivity contribution in [2.45, 2.75) is 51.0 Å². The number of fused-ring (bicyclic) bond motifs is 1. The topological polar surface area (TPSA) is 139 Å². The smallest absolute Gasteiger partial charge is 0.475 e. The van der Waals surface area contributed by atoms with Gasteiger partial charge in [-0.05, 0) is 57.0 Å². The molecule has 0 spiro atoms. The first-order chi connectivity index (χ1) is 21.9. The van der Waals surface area contributed by atoms with Crippen molar-refractivity contribution < 1.29 is 50.9 Å². The van der Waals surface area contributed by atoms with E-state index in [9.17, 15) is 31.1 Å². The van der Waals surface area contributed by atoms with Crippen molar-refractivity contribution in [3.05, 3.63) is 77.5 Å². The first-order valence-electron chi connectivity index (χ1n) is 13.8. The number of carboxylic acids is 2. The third kappa shape index (κ3) is 9.64. The van der Waals surface area contributed by atoms with Crippen LogP contribution in [0.4, 0.5) is 26.3 Å². The fraction of sp³-hybridized carbons (Fsp3) is 0.333. The lowest BCUT2D eigenvalue weighted by Crippen LogP contribution is -2.38. The lowest BCUT2D eigenvalue weighted by molar-refractivity contribution is -0.193. The molecule has 1 amide bonds. The van der Waals surface area contributed by atoms with E-state index in [-0.39, 0.29) is 11.8 Å². The average Bonchev–Trinajstić information content (AvgIpc) is 3.45. The van der Waals surface area contributed by atoms with E-state index < -0.39 is 24.3 Å². The summed E-state index contributed by atoms with van der Waals surface area (Å²) in [6.07, 6.45) is -2.95. The summed E-state index contributed by atoms with van der Waals surface area (Å²) in [7, 11) is 0. The summed E-state index contributed by atoms with van der Waals surface area (Å²) in [6, 6.07) is 13.7. The molecule has 2 N–H and O–H groups in total. The Morgan fingerprint density at radius 3 is 2.00 bits per heavy atom. The third-order valence-electron chi connectivity index (χ3n) is 6.86. The van der Waals surface area contributed by atoms with Crippen LogP contribution in [0.3, 0.4) is 0 Å². The lowest BCUT2D eigenvalue weighted by atomic mass is 9.92. The highest BCUT2D eigenvalue weighted by atomic mass is 35.5. The number of likely N-dealkylation sites (tertiary alicyclic amines) is 1. The zero-order chi connectivity index (χ0) is 35.1. The van der Waals surface area contributed by atoms with Crippen LogP contribution in [-0.2, 0) is 9.59 Å². The number of alkyl halides is 6. The summed E-state index contributed by atoms with van der Waals surface area (Å²) in [4.78, 5) is 46.7. The van der Waals surface area contributed by atoms with Crippen molar-refractivity contribution >= 4 is 40.5 Å². The van der Waals surface area contributed by atoms with E-state index in [0.717, 1.165) is 40.8 Å². The molecule has 1 aliphatic heterocycles. The molecule has 1 saturated heterocycles. The van der Waals surface area contributed by atoms with Crippen LogP contribution in [0.25, 0.3) is 22.3 Å². The standard InChI is InChI=1S/C26H26ClN5O.2C2HF3O2/c1-17(2)32-16-29-25-23(32)14-22(30-24(25)19-6-5-11-28-15-19)18-9-12-31(13-10-18)26(33)20-7-3-4-8-21(20)27;2*3-2(4,5)1(6)7/h3-8,11,14-18H,9-10,12-13H2,1-2H3;2*(H,6,7). The fourth-order valence-corrected chi connectivity index (χ4v) is 4.77. The van der Waals surface area contributed by atoms with Gasteiger partial charge in [0.15, 0.2) is 0 Å². The van der Waals surface area contributed by atoms with Gasteiger partial charge >= 0.3 is 24.3 Å². The van der Waals surface area contributed by atoms with E-state index >= 15 is 0 Å². The van der Waals surface area contributed by atoms with Crippen LogP contribution in [0.1, 0.15) is 54.7 Å². The molecule has 0 unspecified atom stereocenters. The maximum Gasteiger partial charge on any atom is 0.490 e. The van der Waals surface area contributed by atoms with Gasteiger partial charge in [-0.2, -0.15) is 26.3 Å². The number of pyridine rings is 2. The molecule has 0 saturated carbocycles. The minimum absolute atomic E-state index is 0.00334. The molecule has 0 atom stereocenters. The molecule has 1 aromatic carbocycles. The number of benzene rings is 1. The second kappa shape index (κ2) is 15.2. The van der Waals surface area contributed by atoms with Crippen LogP contribution in [0.15, 0.2) is 61.2 Å². The van der Waals surface area contributed by atoms with Gasteiger partial charge in [-0.15, -0.1) is 0 Å². The normalized spacial score (nSPS) is 13.8. The van der Waals surface area contributed by atoms with Gasteiger partial charge in [0.1, 0.15) is 5.52 Å². The summed E-state index contributed by atoms with van der Waals surface area (Å²) < 4.78 is 65.7. The van der Waals surface area contributed by atoms with Crippen molar-refractivity contribution in [3.63, 3.8) is 0 Å². The van der Waals surface area contributed by atoms with Crippen molar-refractivity contribution in [2.24, 2.45) is 0 Å². The summed E-state index contributed by atoms with van der Waals surface area (Å²) in [5.41, 5.74) is 5.43. The number of amides is 1. The predicted molar refractivity (Wildman–Crippen MR) is 158 cm³/mol. The van der Waals surface area contributed by atoms with Crippen molar-refractivity contribution in [1.82, 2.24) is 24.4 Å². The maximum atomic E-state index is 13.0. The Hall–Kier alpha value is -4.73. The molecule has 17 heteroatoms. The van der Waals surface area contributed by atoms with Gasteiger partial charge in [0.05, 0.1) is 28.1 Å². The first-order valence-corrected chi connectivity index (χ1v) is 14.2. The molecule has 252 valence electrons. The summed E-state index contributed by atoms with van der Waals surface area (Å²) in [5.74, 6) is -5.24. The molecule has 0 bridgehead atoms. The van der Waals surface area contributed by atoms with Gasteiger partial charge in [0.25, 0.3) is 5.91 Å². The number of nitrogens with zero attached hydrogens (tertiary/aromatic N) is 5. The van der Waals surface area contributed by atoms with E-state index in [1.54, 1.807) is 18.3 Å². The first kappa shape index (κ1) is 36.7. The number of carbonyl (C=O) groups is 3. The number of hydrogen-bond acceptors (Lipinski definition) is 6. The van der Waals surface area contributed by atoms with Crippen LogP contribution in [0.5, 0.6) is 0 Å². The minimum atomic E-state index is -5.08. The summed E-state index contributed by atoms with van der Waals surface area (Å²) in [6.45, 7) is 5.67. The molecule has 4 aromatic rings. The van der Waals surface area contributed by atoms with Gasteiger partial charge in [-0.3, -0.25) is 14.8 Å². The van der Waals surface area contributed by atoms with Crippen LogP contribution in [-0.4, -0.2) is 77.9 Å². The maximum absolute atomic E-state index is 13.0. The fourth-order valence-electron chi connectivity index (χ4n) is 4.56. The van der Waals surface area contributed by atoms with E-state index in [2.05, 4.69) is 34.4 Å². The molecule has 4 heterocycles. The van der Waals surface area contributed by atoms with E-state index in [1.165, 1.54) is 0 Å². The monoisotopic (exact) mass is 687 g/mol. The molecule has 10 nitrogen and oxygen atoms in total. The molecule has 1 aliphatic rings. The molecule has 0 radical (unpaired) electrons. The highest BCUT2D eigenvalue weighted by Crippen LogP contribution is 2.34. The number of halogens is 7. The predicted octanol–water partition coefficient (Wildman–Crippen LogP) is 7.01. The van der Waals surface area contributed by atoms with Crippen molar-refractivity contribution in [2.75, 3.05) is 13.1 Å². The highest BCUT2D eigenvalue weighted by Gasteiger charge is 2.39. The molecule has 47 heavy (non-hydrogen) atoms. The number of imidazole rings is 1. The number of carbonyl (C=O) groups excluding carboxylic acids is 1. The van der Waals surface area contributed by atoms with Crippen LogP contribution < -0.4 is 0 Å². The molecular formula is C30H28ClF6N5O5. The number of rotatable bonds is 4. The summed E-state index contributed by atoms with van der Waals surface area (Å²) in [5, 5.41) is 14.7. The minimum Gasteiger partial charge on any atom is -0.475 e. The Labute approximate surface area is 268 Å². The van der Waals surface area contributed by atoms with Crippen molar-refractivity contribution in [3.8, 4) is 11.3 Å². The number of carboxylic acid groups (broad SMARTS) is 2. The summed E-state index contributed by atoms with van der Waals surface area (Å²) >= 11 is 6.25. The van der Waals surface area contributed by atoms with Crippen LogP contribution in [0, 0.1) is 0 Å². The molecular weight excluding hydrogens is 660 g/mol. The van der Waals surface area contributed by atoms with Gasteiger partial charge in [0, 0.05) is 48.7 Å². The largest absolute Gasteiger partial charge is 0.490 e. The number of piperidine rings is 1. The van der Waals surface area contributed by atoms with Crippen LogP contribution in [0.2, 0.25) is 5.02 Å². The van der Waals surface area contributed by atoms with E-state index in [0.29, 0.717) is 29.7 Å². The van der Waals surface area contributed by atoms with Gasteiger partial charge in [0.2, 0.25) is 0 Å². The molecule has 0 aliphatic carbocycles. The quantitative estimate of drug-likeness (QED) is 0.219. The SMILES string of the molecule is CC(C)n1cnc2c(-c3cccnc3)nc(C3CCN(C(=O)c4ccccc4Cl)CC3)cc21.O=C(O)C(F)(F)F.O=C(O)C(F)(F)F. The second-order valence-corrected chi connectivity index (χ2v) is 10.8. The molecule has 3 aromatic heterocycles. The van der Waals surface area contributed by atoms with Crippen LogP contribution >= 0.6 is 11.6 Å². The molecule has 1 fully saturated rings. The Morgan fingerprint density at radius 1 is 0.936 bits per heavy atom. The number of hydrogen-bond donors (Lipinski definition) is 2. The zero-order valence-corrected chi connectivity index (χ0v) is 25.5. The second-order valence-electron chi connectivity index (χ2n) is 10.4. The Bertz CT molecular complexity index is 1680. The highest BCUT2D eigenvalue weighted by molar-refractivity contribution is 6.33. The zero-order valence-electron chi connectivity index (χ0n) is 24.8. The lowest BCUT2D eigenvalue weighted by Gasteiger charge is -2.32. The number of aliphatic carboxylic acids is 2. The van der Waals surface area contributed by atoms with Gasteiger partial charge < -0.3 is 19.7 Å². The van der Waals surface area contributed by atoms with Gasteiger partial charge in [-0.1, -0.05) is 23.7 Å². The third-order valence-corrected chi connectivity index (χ3v) is 7.19. The van der Waals surface area contributed by atoms with E-state index in [4.69, 9.17) is 36.4 Å². The number of aromatic nitrogens is 4. The Balaban J connectivity index is 0.000000360. The Morgan fingerprint density at radius 2 is 1.51 bits per heavy atom.